The van der Waals surface area contributed by atoms with Crippen molar-refractivity contribution in [2.24, 2.45) is 0 Å². The first kappa shape index (κ1) is 13.1. The third-order valence-electron chi connectivity index (χ3n) is 2.44. The lowest BCUT2D eigenvalue weighted by atomic mass is 10.1. The number of carbonyl (C=O) groups is 2. The van der Waals surface area contributed by atoms with E-state index < -0.39 is 5.97 Å². The smallest absolute Gasteiger partial charge is 0.345 e. The molecule has 1 heterocycles. The van der Waals surface area contributed by atoms with Gasteiger partial charge in [-0.25, -0.2) is 4.79 Å². The number of hydrogen-bond donors (Lipinski definition) is 0. The highest BCUT2D eigenvalue weighted by Gasteiger charge is 2.32. The van der Waals surface area contributed by atoms with Gasteiger partial charge in [0.2, 0.25) is 5.78 Å². The van der Waals surface area contributed by atoms with Crippen LogP contribution in [0.4, 0.5) is 0 Å². The van der Waals surface area contributed by atoms with Crippen LogP contribution in [0, 0.1) is 3.57 Å². The molecule has 18 heavy (non-hydrogen) atoms. The number of Topliss-reactive ketones (excluding diaryl/α,β-unsaturated/α-hetero) is 1. The Labute approximate surface area is 118 Å². The zero-order chi connectivity index (χ0) is 13.1. The second-order valence-electron chi connectivity index (χ2n) is 3.64. The van der Waals surface area contributed by atoms with Crippen LogP contribution in [0.25, 0.3) is 5.76 Å². The van der Waals surface area contributed by atoms with Crippen molar-refractivity contribution in [2.75, 3.05) is 13.2 Å². The van der Waals surface area contributed by atoms with E-state index >= 15 is 0 Å². The third kappa shape index (κ3) is 2.55. The molecule has 4 nitrogen and oxygen atoms in total. The quantitative estimate of drug-likeness (QED) is 0.472. The van der Waals surface area contributed by atoms with Gasteiger partial charge in [-0.05, 0) is 41.6 Å². The van der Waals surface area contributed by atoms with Gasteiger partial charge >= 0.3 is 5.97 Å². The number of esters is 1. The first-order valence-corrected chi connectivity index (χ1v) is 6.54. The summed E-state index contributed by atoms with van der Waals surface area (Å²) in [4.78, 5) is 23.4. The molecule has 2 rings (SSSR count). The van der Waals surface area contributed by atoms with E-state index in [1.165, 1.54) is 0 Å². The topological polar surface area (TPSA) is 52.6 Å². The molecule has 0 amide bonds. The molecule has 0 atom stereocenters. The number of rotatable bonds is 3. The molecule has 0 spiro atoms. The van der Waals surface area contributed by atoms with Gasteiger partial charge in [-0.2, -0.15) is 0 Å². The van der Waals surface area contributed by atoms with Gasteiger partial charge in [-0.3, -0.25) is 4.79 Å². The zero-order valence-corrected chi connectivity index (χ0v) is 11.9. The van der Waals surface area contributed by atoms with Crippen molar-refractivity contribution < 1.29 is 19.1 Å². The molecule has 1 aromatic carbocycles. The Hall–Kier alpha value is -1.37. The van der Waals surface area contributed by atoms with Gasteiger partial charge in [0.15, 0.2) is 6.61 Å². The van der Waals surface area contributed by atoms with Gasteiger partial charge < -0.3 is 9.47 Å². The Kier molecular flexibility index (Phi) is 4.00. The Morgan fingerprint density at radius 1 is 1.39 bits per heavy atom. The molecule has 1 aromatic rings. The van der Waals surface area contributed by atoms with Crippen LogP contribution in [0.3, 0.4) is 0 Å². The predicted molar refractivity (Wildman–Crippen MR) is 73.7 cm³/mol. The standard InChI is InChI=1S/C13H11IO4/c1-2-17-13(16)11-10(15)7-18-12(11)8-3-5-9(14)6-4-8/h3-6H,2,7H2,1H3. The molecule has 5 heteroatoms. The lowest BCUT2D eigenvalue weighted by Crippen LogP contribution is -2.14. The number of halogens is 1. The average molecular weight is 358 g/mol. The minimum Gasteiger partial charge on any atom is -0.484 e. The Morgan fingerprint density at radius 3 is 2.67 bits per heavy atom. The monoisotopic (exact) mass is 358 g/mol. The van der Waals surface area contributed by atoms with Crippen LogP contribution in [-0.2, 0) is 19.1 Å². The first-order chi connectivity index (χ1) is 8.63. The zero-order valence-electron chi connectivity index (χ0n) is 9.73. The summed E-state index contributed by atoms with van der Waals surface area (Å²) in [6.07, 6.45) is 0. The molecule has 0 unspecified atom stereocenters. The van der Waals surface area contributed by atoms with E-state index in [0.717, 1.165) is 3.57 Å². The molecule has 0 fully saturated rings. The highest BCUT2D eigenvalue weighted by molar-refractivity contribution is 14.1. The highest BCUT2D eigenvalue weighted by Crippen LogP contribution is 2.27. The summed E-state index contributed by atoms with van der Waals surface area (Å²) in [6.45, 7) is 1.83. The molecular weight excluding hydrogens is 347 g/mol. The van der Waals surface area contributed by atoms with Crippen molar-refractivity contribution in [1.29, 1.82) is 0 Å². The van der Waals surface area contributed by atoms with E-state index in [2.05, 4.69) is 22.6 Å². The van der Waals surface area contributed by atoms with Crippen molar-refractivity contribution in [3.8, 4) is 0 Å². The molecule has 0 saturated heterocycles. The Bertz CT molecular complexity index is 516. The maximum atomic E-state index is 11.7. The maximum Gasteiger partial charge on any atom is 0.345 e. The molecule has 0 bridgehead atoms. The Balaban J connectivity index is 2.41. The second-order valence-corrected chi connectivity index (χ2v) is 4.89. The first-order valence-electron chi connectivity index (χ1n) is 5.46. The molecule has 0 saturated carbocycles. The SMILES string of the molecule is CCOC(=O)C1=C(c2ccc(I)cc2)OCC1=O. The van der Waals surface area contributed by atoms with Crippen molar-refractivity contribution in [1.82, 2.24) is 0 Å². The van der Waals surface area contributed by atoms with E-state index in [4.69, 9.17) is 9.47 Å². The van der Waals surface area contributed by atoms with Gasteiger partial charge in [-0.15, -0.1) is 0 Å². The minimum atomic E-state index is -0.617. The summed E-state index contributed by atoms with van der Waals surface area (Å²) in [5.41, 5.74) is 0.724. The molecular formula is C13H11IO4. The van der Waals surface area contributed by atoms with Crippen LogP contribution in [0.2, 0.25) is 0 Å². The molecule has 0 N–H and O–H groups in total. The number of carbonyl (C=O) groups excluding carboxylic acids is 2. The summed E-state index contributed by atoms with van der Waals surface area (Å²) < 4.78 is 11.2. The summed E-state index contributed by atoms with van der Waals surface area (Å²) >= 11 is 2.18. The lowest BCUT2D eigenvalue weighted by molar-refractivity contribution is -0.139. The second kappa shape index (κ2) is 5.51. The number of benzene rings is 1. The minimum absolute atomic E-state index is 0.0121. The molecule has 0 radical (unpaired) electrons. The average Bonchev–Trinajstić information content (AvgIpc) is 2.72. The van der Waals surface area contributed by atoms with E-state index in [9.17, 15) is 9.59 Å². The van der Waals surface area contributed by atoms with Crippen LogP contribution in [0.5, 0.6) is 0 Å². The van der Waals surface area contributed by atoms with Crippen molar-refractivity contribution in [3.63, 3.8) is 0 Å². The molecule has 94 valence electrons. The third-order valence-corrected chi connectivity index (χ3v) is 3.16. The maximum absolute atomic E-state index is 11.7. The predicted octanol–water partition coefficient (Wildman–Crippen LogP) is 2.16. The van der Waals surface area contributed by atoms with Gasteiger partial charge in [0.1, 0.15) is 11.3 Å². The van der Waals surface area contributed by atoms with Gasteiger partial charge in [0, 0.05) is 9.13 Å². The fourth-order valence-electron chi connectivity index (χ4n) is 1.65. The van der Waals surface area contributed by atoms with E-state index in [-0.39, 0.29) is 24.6 Å². The summed E-state index contributed by atoms with van der Waals surface area (Å²) in [5.74, 6) is -0.634. The van der Waals surface area contributed by atoms with Crippen molar-refractivity contribution >= 4 is 40.1 Å². The van der Waals surface area contributed by atoms with E-state index in [0.29, 0.717) is 11.3 Å². The summed E-state index contributed by atoms with van der Waals surface area (Å²) in [6, 6.07) is 7.40. The number of ether oxygens (including phenoxy) is 2. The molecule has 0 aromatic heterocycles. The van der Waals surface area contributed by atoms with Gasteiger partial charge in [0.25, 0.3) is 0 Å². The van der Waals surface area contributed by atoms with E-state index in [1.54, 1.807) is 6.92 Å². The summed E-state index contributed by atoms with van der Waals surface area (Å²) in [5, 5.41) is 0. The van der Waals surface area contributed by atoms with Crippen molar-refractivity contribution in [3.05, 3.63) is 39.0 Å². The fourth-order valence-corrected chi connectivity index (χ4v) is 2.01. The highest BCUT2D eigenvalue weighted by atomic mass is 127. The largest absolute Gasteiger partial charge is 0.484 e. The van der Waals surface area contributed by atoms with Gasteiger partial charge in [0.05, 0.1) is 6.61 Å². The molecule has 0 aliphatic carbocycles. The number of ketones is 1. The Morgan fingerprint density at radius 2 is 2.06 bits per heavy atom. The van der Waals surface area contributed by atoms with Crippen LogP contribution in [0.15, 0.2) is 29.8 Å². The number of hydrogen-bond acceptors (Lipinski definition) is 4. The lowest BCUT2D eigenvalue weighted by Gasteiger charge is -2.05. The van der Waals surface area contributed by atoms with Crippen LogP contribution < -0.4 is 0 Å². The van der Waals surface area contributed by atoms with Crippen LogP contribution in [-0.4, -0.2) is 25.0 Å². The molecule has 1 aliphatic heterocycles. The van der Waals surface area contributed by atoms with Gasteiger partial charge in [-0.1, -0.05) is 12.1 Å². The normalized spacial score (nSPS) is 14.7. The summed E-state index contributed by atoms with van der Waals surface area (Å²) in [7, 11) is 0. The van der Waals surface area contributed by atoms with Crippen molar-refractivity contribution in [2.45, 2.75) is 6.92 Å². The van der Waals surface area contributed by atoms with Crippen LogP contribution in [0.1, 0.15) is 12.5 Å². The van der Waals surface area contributed by atoms with E-state index in [1.807, 2.05) is 24.3 Å². The fraction of sp³-hybridized carbons (Fsp3) is 0.231. The molecule has 1 aliphatic rings. The van der Waals surface area contributed by atoms with Crippen LogP contribution >= 0.6 is 22.6 Å².